The van der Waals surface area contributed by atoms with E-state index in [0.717, 1.165) is 19.3 Å². The van der Waals surface area contributed by atoms with Crippen LogP contribution in [0.2, 0.25) is 10.2 Å². The standard InChI is InChI=1S/C13H10BrCl2IN2/c1-6(2)11-10(17)12(16)19-13(18-11)8-4-3-7(14)5-9(8)15/h3-6H,1-2H3. The Labute approximate surface area is 144 Å². The molecule has 0 aliphatic heterocycles. The molecular formula is C13H10BrCl2IN2. The van der Waals surface area contributed by atoms with E-state index in [0.29, 0.717) is 16.0 Å². The lowest BCUT2D eigenvalue weighted by molar-refractivity contribution is 0.808. The molecule has 0 amide bonds. The minimum atomic E-state index is 0.278. The Morgan fingerprint density at radius 2 is 1.89 bits per heavy atom. The van der Waals surface area contributed by atoms with Gasteiger partial charge in [0.25, 0.3) is 0 Å². The lowest BCUT2D eigenvalue weighted by Gasteiger charge is -2.11. The van der Waals surface area contributed by atoms with Crippen LogP contribution in [0.25, 0.3) is 11.4 Å². The molecule has 0 saturated heterocycles. The van der Waals surface area contributed by atoms with Crippen molar-refractivity contribution in [2.24, 2.45) is 0 Å². The Morgan fingerprint density at radius 3 is 2.47 bits per heavy atom. The fourth-order valence-corrected chi connectivity index (χ4v) is 3.41. The minimum absolute atomic E-state index is 0.278. The molecule has 1 heterocycles. The number of rotatable bonds is 2. The van der Waals surface area contributed by atoms with Crippen molar-refractivity contribution >= 4 is 61.7 Å². The monoisotopic (exact) mass is 470 g/mol. The molecule has 1 aromatic carbocycles. The van der Waals surface area contributed by atoms with Crippen molar-refractivity contribution in [2.45, 2.75) is 19.8 Å². The average Bonchev–Trinajstić information content (AvgIpc) is 2.32. The number of hydrogen-bond acceptors (Lipinski definition) is 2. The van der Waals surface area contributed by atoms with Gasteiger partial charge in [-0.2, -0.15) is 0 Å². The van der Waals surface area contributed by atoms with Gasteiger partial charge in [-0.05, 0) is 46.7 Å². The summed E-state index contributed by atoms with van der Waals surface area (Å²) in [7, 11) is 0. The second-order valence-corrected chi connectivity index (χ2v) is 7.08. The first-order chi connectivity index (χ1) is 8.90. The van der Waals surface area contributed by atoms with Crippen molar-refractivity contribution in [3.63, 3.8) is 0 Å². The molecule has 0 aliphatic rings. The van der Waals surface area contributed by atoms with Crippen LogP contribution in [0.15, 0.2) is 22.7 Å². The Bertz CT molecular complexity index is 632. The molecule has 0 N–H and O–H groups in total. The van der Waals surface area contributed by atoms with Crippen LogP contribution in [0.4, 0.5) is 0 Å². The van der Waals surface area contributed by atoms with E-state index >= 15 is 0 Å². The number of benzene rings is 1. The summed E-state index contributed by atoms with van der Waals surface area (Å²) in [5.74, 6) is 0.840. The van der Waals surface area contributed by atoms with Gasteiger partial charge in [0, 0.05) is 10.0 Å². The summed E-state index contributed by atoms with van der Waals surface area (Å²) in [4.78, 5) is 8.91. The minimum Gasteiger partial charge on any atom is -0.232 e. The fraction of sp³-hybridized carbons (Fsp3) is 0.231. The first-order valence-electron chi connectivity index (χ1n) is 5.58. The van der Waals surface area contributed by atoms with E-state index in [1.54, 1.807) is 0 Å². The molecule has 1 aromatic heterocycles. The van der Waals surface area contributed by atoms with Gasteiger partial charge < -0.3 is 0 Å². The highest BCUT2D eigenvalue weighted by Crippen LogP contribution is 2.32. The van der Waals surface area contributed by atoms with Gasteiger partial charge in [-0.1, -0.05) is 53.0 Å². The van der Waals surface area contributed by atoms with E-state index in [9.17, 15) is 0 Å². The van der Waals surface area contributed by atoms with Gasteiger partial charge in [0.05, 0.1) is 14.3 Å². The Balaban J connectivity index is 2.63. The van der Waals surface area contributed by atoms with E-state index < -0.39 is 0 Å². The van der Waals surface area contributed by atoms with E-state index in [2.05, 4.69) is 62.3 Å². The molecule has 0 unspecified atom stereocenters. The summed E-state index contributed by atoms with van der Waals surface area (Å²) in [6.07, 6.45) is 0. The van der Waals surface area contributed by atoms with Crippen molar-refractivity contribution in [3.8, 4) is 11.4 Å². The van der Waals surface area contributed by atoms with Gasteiger partial charge in [0.1, 0.15) is 5.15 Å². The molecule has 0 saturated carbocycles. The summed E-state index contributed by atoms with van der Waals surface area (Å²) in [6.45, 7) is 4.15. The van der Waals surface area contributed by atoms with Crippen LogP contribution in [-0.4, -0.2) is 9.97 Å². The normalized spacial score (nSPS) is 11.1. The SMILES string of the molecule is CC(C)c1nc(-c2ccc(Br)cc2Cl)nc(Cl)c1I. The van der Waals surface area contributed by atoms with Gasteiger partial charge in [-0.15, -0.1) is 0 Å². The van der Waals surface area contributed by atoms with Crippen LogP contribution >= 0.6 is 61.7 Å². The molecular weight excluding hydrogens is 462 g/mol. The summed E-state index contributed by atoms with van der Waals surface area (Å²) in [6, 6.07) is 5.61. The van der Waals surface area contributed by atoms with Gasteiger partial charge in [0.15, 0.2) is 5.82 Å². The highest BCUT2D eigenvalue weighted by Gasteiger charge is 2.16. The Hall–Kier alpha value is 0.0900. The third-order valence-electron chi connectivity index (χ3n) is 2.56. The molecule has 0 fully saturated rings. The highest BCUT2D eigenvalue weighted by molar-refractivity contribution is 14.1. The zero-order chi connectivity index (χ0) is 14.2. The zero-order valence-corrected chi connectivity index (χ0v) is 15.5. The number of halogens is 4. The summed E-state index contributed by atoms with van der Waals surface area (Å²) >= 11 is 18.0. The fourth-order valence-electron chi connectivity index (χ4n) is 1.61. The summed E-state index contributed by atoms with van der Waals surface area (Å²) in [5, 5.41) is 1.06. The molecule has 2 aromatic rings. The lowest BCUT2D eigenvalue weighted by Crippen LogP contribution is -2.02. The van der Waals surface area contributed by atoms with Crippen molar-refractivity contribution in [2.75, 3.05) is 0 Å². The second kappa shape index (κ2) is 6.24. The van der Waals surface area contributed by atoms with E-state index in [1.165, 1.54) is 0 Å². The van der Waals surface area contributed by atoms with Crippen LogP contribution in [0.3, 0.4) is 0 Å². The maximum atomic E-state index is 6.23. The van der Waals surface area contributed by atoms with E-state index in [4.69, 9.17) is 23.2 Å². The van der Waals surface area contributed by atoms with Gasteiger partial charge in [-0.25, -0.2) is 9.97 Å². The largest absolute Gasteiger partial charge is 0.232 e. The molecule has 0 atom stereocenters. The molecule has 0 radical (unpaired) electrons. The molecule has 100 valence electrons. The smallest absolute Gasteiger partial charge is 0.162 e. The summed E-state index contributed by atoms with van der Waals surface area (Å²) < 4.78 is 1.81. The zero-order valence-electron chi connectivity index (χ0n) is 10.2. The van der Waals surface area contributed by atoms with Crippen LogP contribution in [0.1, 0.15) is 25.5 Å². The second-order valence-electron chi connectivity index (χ2n) is 4.32. The average molecular weight is 472 g/mol. The van der Waals surface area contributed by atoms with Crippen molar-refractivity contribution in [3.05, 3.63) is 42.1 Å². The lowest BCUT2D eigenvalue weighted by atomic mass is 10.1. The third kappa shape index (κ3) is 3.40. The number of nitrogens with zero attached hydrogens (tertiary/aromatic N) is 2. The maximum absolute atomic E-state index is 6.23. The quantitative estimate of drug-likeness (QED) is 0.400. The first-order valence-corrected chi connectivity index (χ1v) is 8.21. The Kier molecular flexibility index (Phi) is 5.09. The molecule has 2 rings (SSSR count). The van der Waals surface area contributed by atoms with Crippen molar-refractivity contribution in [1.82, 2.24) is 9.97 Å². The third-order valence-corrected chi connectivity index (χ3v) is 5.02. The molecule has 0 aliphatic carbocycles. The van der Waals surface area contributed by atoms with Crippen LogP contribution in [0, 0.1) is 3.57 Å². The van der Waals surface area contributed by atoms with Crippen molar-refractivity contribution in [1.29, 1.82) is 0 Å². The van der Waals surface area contributed by atoms with Gasteiger partial charge in [-0.3, -0.25) is 0 Å². The topological polar surface area (TPSA) is 25.8 Å². The molecule has 2 nitrogen and oxygen atoms in total. The predicted molar refractivity (Wildman–Crippen MR) is 92.0 cm³/mol. The van der Waals surface area contributed by atoms with Gasteiger partial charge >= 0.3 is 0 Å². The summed E-state index contributed by atoms with van der Waals surface area (Å²) in [5.41, 5.74) is 1.72. The van der Waals surface area contributed by atoms with Crippen molar-refractivity contribution < 1.29 is 0 Å². The maximum Gasteiger partial charge on any atom is 0.162 e. The molecule has 0 bridgehead atoms. The van der Waals surface area contributed by atoms with Crippen LogP contribution < -0.4 is 0 Å². The van der Waals surface area contributed by atoms with Crippen LogP contribution in [0.5, 0.6) is 0 Å². The molecule has 19 heavy (non-hydrogen) atoms. The molecule has 0 spiro atoms. The number of aromatic nitrogens is 2. The van der Waals surface area contributed by atoms with Crippen LogP contribution in [-0.2, 0) is 0 Å². The number of hydrogen-bond donors (Lipinski definition) is 0. The first kappa shape index (κ1) is 15.5. The van der Waals surface area contributed by atoms with E-state index in [-0.39, 0.29) is 5.92 Å². The highest BCUT2D eigenvalue weighted by atomic mass is 127. The predicted octanol–water partition coefficient (Wildman–Crippen LogP) is 5.94. The van der Waals surface area contributed by atoms with Gasteiger partial charge in [0.2, 0.25) is 0 Å². The Morgan fingerprint density at radius 1 is 1.21 bits per heavy atom. The van der Waals surface area contributed by atoms with E-state index in [1.807, 2.05) is 18.2 Å². The molecule has 6 heteroatoms.